The summed E-state index contributed by atoms with van der Waals surface area (Å²) in [6, 6.07) is 2.98. The summed E-state index contributed by atoms with van der Waals surface area (Å²) in [5, 5.41) is 22.4. The van der Waals surface area contributed by atoms with Gasteiger partial charge in [0.25, 0.3) is 0 Å². The SMILES string of the molecule is N#CC(N)=C(C#N)NC(=O)NC1CCCCCC1. The number of carbonyl (C=O) groups is 1. The lowest BCUT2D eigenvalue weighted by atomic mass is 10.1. The Morgan fingerprint density at radius 2 is 1.72 bits per heavy atom. The van der Waals surface area contributed by atoms with E-state index in [-0.39, 0.29) is 17.4 Å². The molecule has 18 heavy (non-hydrogen) atoms. The van der Waals surface area contributed by atoms with Crippen LogP contribution in [0.5, 0.6) is 0 Å². The van der Waals surface area contributed by atoms with E-state index in [1.165, 1.54) is 12.8 Å². The molecule has 0 aromatic rings. The van der Waals surface area contributed by atoms with Crippen molar-refractivity contribution in [3.63, 3.8) is 0 Å². The van der Waals surface area contributed by atoms with Crippen LogP contribution in [0.3, 0.4) is 0 Å². The van der Waals surface area contributed by atoms with Gasteiger partial charge in [0.05, 0.1) is 0 Å². The molecule has 0 heterocycles. The molecule has 1 aliphatic carbocycles. The van der Waals surface area contributed by atoms with E-state index in [0.717, 1.165) is 25.7 Å². The predicted molar refractivity (Wildman–Crippen MR) is 65.6 cm³/mol. The zero-order valence-electron chi connectivity index (χ0n) is 10.2. The van der Waals surface area contributed by atoms with E-state index in [9.17, 15) is 4.79 Å². The molecule has 0 aromatic carbocycles. The highest BCUT2D eigenvalue weighted by Gasteiger charge is 2.15. The van der Waals surface area contributed by atoms with Gasteiger partial charge >= 0.3 is 6.03 Å². The maximum atomic E-state index is 11.6. The number of hydrogen-bond acceptors (Lipinski definition) is 4. The van der Waals surface area contributed by atoms with Gasteiger partial charge in [-0.05, 0) is 12.8 Å². The molecule has 0 saturated heterocycles. The first-order valence-corrected chi connectivity index (χ1v) is 6.05. The summed E-state index contributed by atoms with van der Waals surface area (Å²) in [4.78, 5) is 11.6. The van der Waals surface area contributed by atoms with Crippen LogP contribution in [0.15, 0.2) is 11.4 Å². The number of hydrogen-bond donors (Lipinski definition) is 3. The molecule has 0 aliphatic heterocycles. The number of nitrogens with zero attached hydrogens (tertiary/aromatic N) is 2. The Labute approximate surface area is 106 Å². The molecular formula is C12H17N5O. The summed E-state index contributed by atoms with van der Waals surface area (Å²) in [6.45, 7) is 0. The largest absolute Gasteiger partial charge is 0.388 e. The quantitative estimate of drug-likeness (QED) is 0.502. The summed E-state index contributed by atoms with van der Waals surface area (Å²) < 4.78 is 0. The summed E-state index contributed by atoms with van der Waals surface area (Å²) >= 11 is 0. The predicted octanol–water partition coefficient (Wildman–Crippen LogP) is 1.23. The molecule has 96 valence electrons. The van der Waals surface area contributed by atoms with Gasteiger partial charge in [0.1, 0.15) is 17.8 Å². The fourth-order valence-corrected chi connectivity index (χ4v) is 1.97. The minimum atomic E-state index is -0.475. The molecule has 2 amide bonds. The fraction of sp³-hybridized carbons (Fsp3) is 0.583. The Bertz CT molecular complexity index is 407. The fourth-order valence-electron chi connectivity index (χ4n) is 1.97. The van der Waals surface area contributed by atoms with Crippen molar-refractivity contribution in [1.29, 1.82) is 10.5 Å². The van der Waals surface area contributed by atoms with Crippen LogP contribution in [0.4, 0.5) is 4.79 Å². The van der Waals surface area contributed by atoms with Crippen LogP contribution in [-0.4, -0.2) is 12.1 Å². The molecule has 4 N–H and O–H groups in total. The van der Waals surface area contributed by atoms with Crippen molar-refractivity contribution in [2.75, 3.05) is 0 Å². The van der Waals surface area contributed by atoms with Crippen LogP contribution in [0.1, 0.15) is 38.5 Å². The lowest BCUT2D eigenvalue weighted by molar-refractivity contribution is 0.238. The van der Waals surface area contributed by atoms with Crippen LogP contribution >= 0.6 is 0 Å². The summed E-state index contributed by atoms with van der Waals surface area (Å²) in [5.74, 6) is 0. The number of urea groups is 1. The number of allylic oxidation sites excluding steroid dienone is 2. The van der Waals surface area contributed by atoms with Crippen molar-refractivity contribution in [3.8, 4) is 12.1 Å². The maximum Gasteiger partial charge on any atom is 0.320 e. The van der Waals surface area contributed by atoms with Gasteiger partial charge in [-0.25, -0.2) is 4.79 Å². The van der Waals surface area contributed by atoms with Crippen molar-refractivity contribution >= 4 is 6.03 Å². The van der Waals surface area contributed by atoms with E-state index in [2.05, 4.69) is 10.6 Å². The van der Waals surface area contributed by atoms with Gasteiger partial charge in [-0.3, -0.25) is 5.32 Å². The van der Waals surface area contributed by atoms with Crippen LogP contribution in [0.2, 0.25) is 0 Å². The number of amides is 2. The van der Waals surface area contributed by atoms with Gasteiger partial charge in [-0.2, -0.15) is 10.5 Å². The second kappa shape index (κ2) is 7.18. The smallest absolute Gasteiger partial charge is 0.320 e. The highest BCUT2D eigenvalue weighted by atomic mass is 16.2. The molecule has 0 spiro atoms. The minimum Gasteiger partial charge on any atom is -0.388 e. The third kappa shape index (κ3) is 4.34. The normalized spacial score (nSPS) is 17.7. The molecule has 1 fully saturated rings. The number of carbonyl (C=O) groups excluding carboxylic acids is 1. The first-order valence-electron chi connectivity index (χ1n) is 6.05. The molecule has 0 radical (unpaired) electrons. The molecule has 0 atom stereocenters. The van der Waals surface area contributed by atoms with E-state index >= 15 is 0 Å². The highest BCUT2D eigenvalue weighted by Crippen LogP contribution is 2.17. The molecule has 6 heteroatoms. The second-order valence-electron chi connectivity index (χ2n) is 4.30. The molecule has 6 nitrogen and oxygen atoms in total. The molecular weight excluding hydrogens is 230 g/mol. The van der Waals surface area contributed by atoms with E-state index in [1.807, 2.05) is 0 Å². The van der Waals surface area contributed by atoms with Gasteiger partial charge < -0.3 is 11.1 Å². The van der Waals surface area contributed by atoms with E-state index in [1.54, 1.807) is 12.1 Å². The highest BCUT2D eigenvalue weighted by molar-refractivity contribution is 5.77. The molecule has 1 aliphatic rings. The third-order valence-corrected chi connectivity index (χ3v) is 2.93. The molecule has 1 saturated carbocycles. The van der Waals surface area contributed by atoms with E-state index in [0.29, 0.717) is 0 Å². The van der Waals surface area contributed by atoms with Crippen LogP contribution < -0.4 is 16.4 Å². The number of rotatable bonds is 2. The Morgan fingerprint density at radius 3 is 2.22 bits per heavy atom. The zero-order chi connectivity index (χ0) is 13.4. The van der Waals surface area contributed by atoms with Crippen molar-refractivity contribution in [2.45, 2.75) is 44.6 Å². The maximum absolute atomic E-state index is 11.6. The Hall–Kier alpha value is -2.21. The Kier molecular flexibility index (Phi) is 5.53. The Balaban J connectivity index is 2.51. The summed E-state index contributed by atoms with van der Waals surface area (Å²) in [5.41, 5.74) is 4.80. The van der Waals surface area contributed by atoms with Gasteiger partial charge in [-0.15, -0.1) is 0 Å². The standard InChI is InChI=1S/C12H17N5O/c13-7-10(15)11(8-14)17-12(18)16-9-5-3-1-2-4-6-9/h9H,1-6,15H2,(H2,16,17,18). The lowest BCUT2D eigenvalue weighted by Gasteiger charge is -2.16. The molecule has 0 aromatic heterocycles. The summed E-state index contributed by atoms with van der Waals surface area (Å²) in [6.07, 6.45) is 6.51. The van der Waals surface area contributed by atoms with E-state index < -0.39 is 6.03 Å². The summed E-state index contributed by atoms with van der Waals surface area (Å²) in [7, 11) is 0. The van der Waals surface area contributed by atoms with Crippen molar-refractivity contribution in [1.82, 2.24) is 10.6 Å². The van der Waals surface area contributed by atoms with Gasteiger partial charge in [0, 0.05) is 6.04 Å². The topological polar surface area (TPSA) is 115 Å². The zero-order valence-corrected chi connectivity index (χ0v) is 10.2. The minimum absolute atomic E-state index is 0.135. The van der Waals surface area contributed by atoms with Crippen LogP contribution in [0.25, 0.3) is 0 Å². The van der Waals surface area contributed by atoms with Crippen molar-refractivity contribution in [3.05, 3.63) is 11.4 Å². The number of nitrogens with two attached hydrogens (primary N) is 1. The molecule has 0 unspecified atom stereocenters. The Morgan fingerprint density at radius 1 is 1.11 bits per heavy atom. The molecule has 0 bridgehead atoms. The number of nitriles is 2. The van der Waals surface area contributed by atoms with Gasteiger partial charge in [0.15, 0.2) is 5.70 Å². The van der Waals surface area contributed by atoms with E-state index in [4.69, 9.17) is 16.3 Å². The monoisotopic (exact) mass is 247 g/mol. The van der Waals surface area contributed by atoms with Crippen LogP contribution in [0, 0.1) is 22.7 Å². The average Bonchev–Trinajstić information content (AvgIpc) is 2.63. The second-order valence-corrected chi connectivity index (χ2v) is 4.30. The van der Waals surface area contributed by atoms with Crippen molar-refractivity contribution < 1.29 is 4.79 Å². The van der Waals surface area contributed by atoms with Crippen molar-refractivity contribution in [2.24, 2.45) is 5.73 Å². The first-order chi connectivity index (χ1) is 8.67. The third-order valence-electron chi connectivity index (χ3n) is 2.93. The first kappa shape index (κ1) is 13.9. The van der Waals surface area contributed by atoms with Gasteiger partial charge in [0.2, 0.25) is 0 Å². The molecule has 1 rings (SSSR count). The average molecular weight is 247 g/mol. The number of nitrogens with one attached hydrogen (secondary N) is 2. The van der Waals surface area contributed by atoms with Gasteiger partial charge in [-0.1, -0.05) is 25.7 Å². The lowest BCUT2D eigenvalue weighted by Crippen LogP contribution is -2.41. The van der Waals surface area contributed by atoms with Crippen LogP contribution in [-0.2, 0) is 0 Å².